The summed E-state index contributed by atoms with van der Waals surface area (Å²) in [5, 5.41) is 7.00. The van der Waals surface area contributed by atoms with Crippen LogP contribution in [0.3, 0.4) is 0 Å². The van der Waals surface area contributed by atoms with Crippen molar-refractivity contribution in [1.82, 2.24) is 15.1 Å². The summed E-state index contributed by atoms with van der Waals surface area (Å²) in [5.41, 5.74) is 7.34. The van der Waals surface area contributed by atoms with Gasteiger partial charge in [0, 0.05) is 31.7 Å². The standard InChI is InChI=1S/C10H18N4O/c1-8-7-9(2)14(13-8)6-3-10(15)12-5-4-11/h7H,3-6,11H2,1-2H3,(H,12,15). The van der Waals surface area contributed by atoms with Crippen molar-refractivity contribution in [3.8, 4) is 0 Å². The van der Waals surface area contributed by atoms with Gasteiger partial charge in [0.1, 0.15) is 0 Å². The van der Waals surface area contributed by atoms with Crippen LogP contribution in [0.4, 0.5) is 0 Å². The summed E-state index contributed by atoms with van der Waals surface area (Å²) >= 11 is 0. The van der Waals surface area contributed by atoms with E-state index in [-0.39, 0.29) is 5.91 Å². The van der Waals surface area contributed by atoms with Crippen LogP contribution in [0.1, 0.15) is 17.8 Å². The van der Waals surface area contributed by atoms with Crippen molar-refractivity contribution in [2.24, 2.45) is 5.73 Å². The minimum atomic E-state index is 0.0213. The predicted octanol–water partition coefficient (Wildman–Crippen LogP) is -0.0351. The number of amides is 1. The van der Waals surface area contributed by atoms with Crippen LogP contribution in [-0.2, 0) is 11.3 Å². The number of carbonyl (C=O) groups excluding carboxylic acids is 1. The summed E-state index contributed by atoms with van der Waals surface area (Å²) in [5.74, 6) is 0.0213. The topological polar surface area (TPSA) is 72.9 Å². The SMILES string of the molecule is Cc1cc(C)n(CCC(=O)NCCN)n1. The molecule has 0 aliphatic carbocycles. The van der Waals surface area contributed by atoms with Gasteiger partial charge in [-0.25, -0.2) is 0 Å². The normalized spacial score (nSPS) is 10.3. The minimum Gasteiger partial charge on any atom is -0.355 e. The third kappa shape index (κ3) is 3.71. The van der Waals surface area contributed by atoms with Gasteiger partial charge in [-0.3, -0.25) is 9.48 Å². The first-order valence-electron chi connectivity index (χ1n) is 5.11. The molecule has 0 bridgehead atoms. The van der Waals surface area contributed by atoms with Crippen molar-refractivity contribution < 1.29 is 4.79 Å². The van der Waals surface area contributed by atoms with E-state index in [1.54, 1.807) is 0 Å². The zero-order valence-electron chi connectivity index (χ0n) is 9.29. The third-order valence-corrected chi connectivity index (χ3v) is 2.12. The fourth-order valence-corrected chi connectivity index (χ4v) is 1.41. The predicted molar refractivity (Wildman–Crippen MR) is 58.4 cm³/mol. The average molecular weight is 210 g/mol. The van der Waals surface area contributed by atoms with Crippen LogP contribution < -0.4 is 11.1 Å². The first-order valence-corrected chi connectivity index (χ1v) is 5.11. The summed E-state index contributed by atoms with van der Waals surface area (Å²) in [7, 11) is 0. The summed E-state index contributed by atoms with van der Waals surface area (Å²) < 4.78 is 1.84. The quantitative estimate of drug-likeness (QED) is 0.716. The highest BCUT2D eigenvalue weighted by atomic mass is 16.1. The van der Waals surface area contributed by atoms with Crippen LogP contribution in [0.15, 0.2) is 6.07 Å². The Kier molecular flexibility index (Phi) is 4.30. The molecule has 0 aliphatic rings. The number of aromatic nitrogens is 2. The molecule has 1 heterocycles. The Hall–Kier alpha value is -1.36. The first kappa shape index (κ1) is 11.7. The molecule has 0 fully saturated rings. The van der Waals surface area contributed by atoms with Crippen LogP contribution in [0.2, 0.25) is 0 Å². The van der Waals surface area contributed by atoms with Gasteiger partial charge in [0.2, 0.25) is 5.91 Å². The van der Waals surface area contributed by atoms with Crippen LogP contribution in [-0.4, -0.2) is 28.8 Å². The Bertz CT molecular complexity index is 332. The Balaban J connectivity index is 2.36. The summed E-state index contributed by atoms with van der Waals surface area (Å²) in [4.78, 5) is 11.3. The smallest absolute Gasteiger partial charge is 0.221 e. The lowest BCUT2D eigenvalue weighted by Gasteiger charge is -2.05. The highest BCUT2D eigenvalue weighted by molar-refractivity contribution is 5.75. The zero-order valence-corrected chi connectivity index (χ0v) is 9.29. The van der Waals surface area contributed by atoms with E-state index in [0.29, 0.717) is 26.1 Å². The maximum Gasteiger partial charge on any atom is 0.221 e. The highest BCUT2D eigenvalue weighted by Gasteiger charge is 2.04. The second kappa shape index (κ2) is 5.50. The van der Waals surface area contributed by atoms with E-state index in [9.17, 15) is 4.79 Å². The van der Waals surface area contributed by atoms with Crippen LogP contribution in [0, 0.1) is 13.8 Å². The van der Waals surface area contributed by atoms with Crippen LogP contribution in [0.25, 0.3) is 0 Å². The van der Waals surface area contributed by atoms with E-state index in [4.69, 9.17) is 5.73 Å². The van der Waals surface area contributed by atoms with Gasteiger partial charge < -0.3 is 11.1 Å². The number of hydrogen-bond acceptors (Lipinski definition) is 3. The Morgan fingerprint density at radius 1 is 1.60 bits per heavy atom. The molecule has 1 rings (SSSR count). The molecule has 0 aromatic carbocycles. The molecule has 0 aliphatic heterocycles. The second-order valence-electron chi connectivity index (χ2n) is 3.54. The van der Waals surface area contributed by atoms with E-state index in [0.717, 1.165) is 11.4 Å². The number of aryl methyl sites for hydroxylation is 3. The van der Waals surface area contributed by atoms with E-state index < -0.39 is 0 Å². The van der Waals surface area contributed by atoms with Gasteiger partial charge in [-0.1, -0.05) is 0 Å². The molecule has 0 unspecified atom stereocenters. The summed E-state index contributed by atoms with van der Waals surface area (Å²) in [6.45, 7) is 5.56. The molecule has 0 spiro atoms. The molecule has 1 aromatic heterocycles. The number of hydrogen-bond donors (Lipinski definition) is 2. The molecule has 0 radical (unpaired) electrons. The maximum absolute atomic E-state index is 11.3. The molecule has 0 saturated heterocycles. The number of nitrogens with zero attached hydrogens (tertiary/aromatic N) is 2. The molecule has 5 heteroatoms. The number of nitrogens with two attached hydrogens (primary N) is 1. The minimum absolute atomic E-state index is 0.0213. The van der Waals surface area contributed by atoms with Gasteiger partial charge in [-0.15, -0.1) is 0 Å². The van der Waals surface area contributed by atoms with Gasteiger partial charge in [0.05, 0.1) is 5.69 Å². The monoisotopic (exact) mass is 210 g/mol. The molecule has 0 atom stereocenters. The van der Waals surface area contributed by atoms with E-state index in [1.807, 2.05) is 24.6 Å². The van der Waals surface area contributed by atoms with Crippen molar-refractivity contribution in [3.63, 3.8) is 0 Å². The number of rotatable bonds is 5. The van der Waals surface area contributed by atoms with Gasteiger partial charge in [-0.2, -0.15) is 5.10 Å². The maximum atomic E-state index is 11.3. The summed E-state index contributed by atoms with van der Waals surface area (Å²) in [6, 6.07) is 2.00. The lowest BCUT2D eigenvalue weighted by molar-refractivity contribution is -0.121. The second-order valence-corrected chi connectivity index (χ2v) is 3.54. The van der Waals surface area contributed by atoms with E-state index >= 15 is 0 Å². The Morgan fingerprint density at radius 2 is 2.33 bits per heavy atom. The van der Waals surface area contributed by atoms with Crippen molar-refractivity contribution in [1.29, 1.82) is 0 Å². The molecular weight excluding hydrogens is 192 g/mol. The molecular formula is C10H18N4O. The molecule has 3 N–H and O–H groups in total. The largest absolute Gasteiger partial charge is 0.355 e. The van der Waals surface area contributed by atoms with E-state index in [2.05, 4.69) is 10.4 Å². The summed E-state index contributed by atoms with van der Waals surface area (Å²) in [6.07, 6.45) is 0.446. The molecule has 15 heavy (non-hydrogen) atoms. The fourth-order valence-electron chi connectivity index (χ4n) is 1.41. The molecule has 5 nitrogen and oxygen atoms in total. The highest BCUT2D eigenvalue weighted by Crippen LogP contribution is 2.02. The molecule has 1 amide bonds. The molecule has 0 saturated carbocycles. The van der Waals surface area contributed by atoms with E-state index in [1.165, 1.54) is 0 Å². The van der Waals surface area contributed by atoms with Crippen molar-refractivity contribution >= 4 is 5.91 Å². The first-order chi connectivity index (χ1) is 7.13. The van der Waals surface area contributed by atoms with Crippen LogP contribution >= 0.6 is 0 Å². The van der Waals surface area contributed by atoms with Gasteiger partial charge in [-0.05, 0) is 19.9 Å². The third-order valence-electron chi connectivity index (χ3n) is 2.12. The van der Waals surface area contributed by atoms with Crippen molar-refractivity contribution in [3.05, 3.63) is 17.5 Å². The van der Waals surface area contributed by atoms with Crippen molar-refractivity contribution in [2.75, 3.05) is 13.1 Å². The van der Waals surface area contributed by atoms with Gasteiger partial charge in [0.25, 0.3) is 0 Å². The lowest BCUT2D eigenvalue weighted by Crippen LogP contribution is -2.29. The average Bonchev–Trinajstić information content (AvgIpc) is 2.51. The lowest BCUT2D eigenvalue weighted by atomic mass is 10.3. The molecule has 1 aromatic rings. The van der Waals surface area contributed by atoms with Gasteiger partial charge in [0.15, 0.2) is 0 Å². The zero-order chi connectivity index (χ0) is 11.3. The number of nitrogens with one attached hydrogen (secondary N) is 1. The van der Waals surface area contributed by atoms with Crippen molar-refractivity contribution in [2.45, 2.75) is 26.8 Å². The fraction of sp³-hybridized carbons (Fsp3) is 0.600. The van der Waals surface area contributed by atoms with Crippen LogP contribution in [0.5, 0.6) is 0 Å². The number of carbonyl (C=O) groups is 1. The Labute approximate surface area is 89.6 Å². The molecule has 84 valence electrons. The Morgan fingerprint density at radius 3 is 2.87 bits per heavy atom. The van der Waals surface area contributed by atoms with Gasteiger partial charge >= 0.3 is 0 Å².